The summed E-state index contributed by atoms with van der Waals surface area (Å²) in [7, 11) is 0. The number of hydrogen-bond donors (Lipinski definition) is 1. The molecule has 12 heavy (non-hydrogen) atoms. The molecule has 2 rings (SSSR count). The molecule has 2 aliphatic heterocycles. The molecule has 2 fully saturated rings. The van der Waals surface area contributed by atoms with E-state index in [-0.39, 0.29) is 0 Å². The smallest absolute Gasteiger partial charge is 0.0682 e. The molecule has 0 amide bonds. The van der Waals surface area contributed by atoms with Gasteiger partial charge in [-0.15, -0.1) is 0 Å². The Bertz CT molecular complexity index is 190. The highest BCUT2D eigenvalue weighted by Crippen LogP contribution is 2.31. The lowest BCUT2D eigenvalue weighted by Crippen LogP contribution is -2.44. The maximum absolute atomic E-state index is 5.66. The van der Waals surface area contributed by atoms with Gasteiger partial charge in [-0.2, -0.15) is 0 Å². The zero-order valence-corrected chi connectivity index (χ0v) is 7.68. The van der Waals surface area contributed by atoms with Crippen molar-refractivity contribution in [2.24, 2.45) is 5.92 Å². The first-order valence-corrected chi connectivity index (χ1v) is 4.84. The molecular weight excluding hydrogens is 150 g/mol. The molecule has 0 saturated carbocycles. The van der Waals surface area contributed by atoms with Crippen molar-refractivity contribution < 1.29 is 4.74 Å². The summed E-state index contributed by atoms with van der Waals surface area (Å²) in [6, 6.07) is 0.664. The van der Waals surface area contributed by atoms with Gasteiger partial charge in [-0.1, -0.05) is 13.5 Å². The van der Waals surface area contributed by atoms with Crippen LogP contribution in [0.3, 0.4) is 0 Å². The quantitative estimate of drug-likeness (QED) is 0.595. The summed E-state index contributed by atoms with van der Waals surface area (Å²) in [5.41, 5.74) is 1.28. The molecule has 2 heterocycles. The van der Waals surface area contributed by atoms with Crippen LogP contribution in [-0.2, 0) is 4.74 Å². The van der Waals surface area contributed by atoms with Gasteiger partial charge in [0.2, 0.25) is 0 Å². The van der Waals surface area contributed by atoms with Crippen molar-refractivity contribution >= 4 is 0 Å². The van der Waals surface area contributed by atoms with Crippen LogP contribution in [-0.4, -0.2) is 25.3 Å². The number of ether oxygens (including phenoxy) is 1. The Morgan fingerprint density at radius 2 is 2.50 bits per heavy atom. The van der Waals surface area contributed by atoms with Crippen LogP contribution >= 0.6 is 0 Å². The number of fused-ring (bicyclic) bond motifs is 1. The van der Waals surface area contributed by atoms with E-state index >= 15 is 0 Å². The summed E-state index contributed by atoms with van der Waals surface area (Å²) in [6.45, 7) is 8.10. The Balaban J connectivity index is 1.99. The van der Waals surface area contributed by atoms with Crippen LogP contribution < -0.4 is 5.32 Å². The van der Waals surface area contributed by atoms with Crippen LogP contribution in [0.5, 0.6) is 0 Å². The average Bonchev–Trinajstić information content (AvgIpc) is 2.47. The maximum atomic E-state index is 5.66. The van der Waals surface area contributed by atoms with Crippen LogP contribution in [0.2, 0.25) is 0 Å². The zero-order chi connectivity index (χ0) is 8.55. The van der Waals surface area contributed by atoms with Crippen LogP contribution in [0.15, 0.2) is 12.2 Å². The largest absolute Gasteiger partial charge is 0.373 e. The van der Waals surface area contributed by atoms with E-state index in [2.05, 4.69) is 18.8 Å². The average molecular weight is 167 g/mol. The summed E-state index contributed by atoms with van der Waals surface area (Å²) in [6.07, 6.45) is 2.84. The molecule has 0 aromatic rings. The molecule has 0 bridgehead atoms. The number of piperidine rings is 1. The highest BCUT2D eigenvalue weighted by Gasteiger charge is 2.36. The van der Waals surface area contributed by atoms with Crippen molar-refractivity contribution in [3.8, 4) is 0 Å². The molecule has 2 saturated heterocycles. The lowest BCUT2D eigenvalue weighted by molar-refractivity contribution is 0.0570. The fraction of sp³-hybridized carbons (Fsp3) is 0.800. The SMILES string of the molecule is C=C1COC2CC(CC)NCC12. The summed E-state index contributed by atoms with van der Waals surface area (Å²) in [5, 5.41) is 3.53. The molecule has 2 nitrogen and oxygen atoms in total. The van der Waals surface area contributed by atoms with E-state index in [1.807, 2.05) is 0 Å². The molecule has 2 aliphatic rings. The van der Waals surface area contributed by atoms with E-state index in [0.717, 1.165) is 13.2 Å². The molecule has 0 aliphatic carbocycles. The second kappa shape index (κ2) is 3.19. The predicted molar refractivity (Wildman–Crippen MR) is 49.1 cm³/mol. The van der Waals surface area contributed by atoms with Gasteiger partial charge in [-0.3, -0.25) is 0 Å². The Kier molecular flexibility index (Phi) is 2.20. The molecule has 0 radical (unpaired) electrons. The van der Waals surface area contributed by atoms with Crippen molar-refractivity contribution in [2.45, 2.75) is 31.9 Å². The Labute approximate surface area is 74.0 Å². The highest BCUT2D eigenvalue weighted by atomic mass is 16.5. The lowest BCUT2D eigenvalue weighted by Gasteiger charge is -2.31. The third-order valence-corrected chi connectivity index (χ3v) is 3.09. The topological polar surface area (TPSA) is 21.3 Å². The number of hydrogen-bond acceptors (Lipinski definition) is 2. The van der Waals surface area contributed by atoms with Crippen molar-refractivity contribution in [1.82, 2.24) is 5.32 Å². The first-order chi connectivity index (χ1) is 5.81. The van der Waals surface area contributed by atoms with Crippen molar-refractivity contribution in [1.29, 1.82) is 0 Å². The molecule has 2 heteroatoms. The molecule has 3 atom stereocenters. The molecule has 0 aromatic carbocycles. The molecule has 68 valence electrons. The monoisotopic (exact) mass is 167 g/mol. The van der Waals surface area contributed by atoms with Crippen LogP contribution in [0.25, 0.3) is 0 Å². The van der Waals surface area contributed by atoms with Crippen molar-refractivity contribution in [3.63, 3.8) is 0 Å². The second-order valence-corrected chi connectivity index (χ2v) is 3.86. The van der Waals surface area contributed by atoms with E-state index in [4.69, 9.17) is 4.74 Å². The standard InChI is InChI=1S/C10H17NO/c1-3-8-4-10-9(5-11-8)7(2)6-12-10/h8-11H,2-6H2,1H3. The van der Waals surface area contributed by atoms with E-state index in [0.29, 0.717) is 18.1 Å². The minimum atomic E-state index is 0.462. The zero-order valence-electron chi connectivity index (χ0n) is 7.68. The van der Waals surface area contributed by atoms with Gasteiger partial charge < -0.3 is 10.1 Å². The fourth-order valence-electron chi connectivity index (χ4n) is 2.18. The van der Waals surface area contributed by atoms with E-state index in [1.165, 1.54) is 18.4 Å². The molecule has 1 N–H and O–H groups in total. The predicted octanol–water partition coefficient (Wildman–Crippen LogP) is 1.33. The maximum Gasteiger partial charge on any atom is 0.0682 e. The molecule has 0 aromatic heterocycles. The summed E-state index contributed by atoms with van der Waals surface area (Å²) in [4.78, 5) is 0. The molecule has 0 spiro atoms. The normalized spacial score (nSPS) is 41.4. The second-order valence-electron chi connectivity index (χ2n) is 3.86. The van der Waals surface area contributed by atoms with Crippen LogP contribution in [0, 0.1) is 5.92 Å². The van der Waals surface area contributed by atoms with E-state index < -0.39 is 0 Å². The van der Waals surface area contributed by atoms with Gasteiger partial charge >= 0.3 is 0 Å². The Hall–Kier alpha value is -0.340. The highest BCUT2D eigenvalue weighted by molar-refractivity contribution is 5.12. The van der Waals surface area contributed by atoms with E-state index in [1.54, 1.807) is 0 Å². The van der Waals surface area contributed by atoms with Gasteiger partial charge in [0, 0.05) is 18.5 Å². The fourth-order valence-corrected chi connectivity index (χ4v) is 2.18. The van der Waals surface area contributed by atoms with Crippen molar-refractivity contribution in [2.75, 3.05) is 13.2 Å². The van der Waals surface area contributed by atoms with Gasteiger partial charge in [0.1, 0.15) is 0 Å². The lowest BCUT2D eigenvalue weighted by atomic mass is 9.88. The molecule has 3 unspecified atom stereocenters. The van der Waals surface area contributed by atoms with Gasteiger partial charge in [-0.05, 0) is 18.4 Å². The van der Waals surface area contributed by atoms with Gasteiger partial charge in [0.15, 0.2) is 0 Å². The molecular formula is C10H17NO. The number of nitrogens with one attached hydrogen (secondary N) is 1. The van der Waals surface area contributed by atoms with Gasteiger partial charge in [-0.25, -0.2) is 0 Å². The van der Waals surface area contributed by atoms with Gasteiger partial charge in [0.05, 0.1) is 12.7 Å². The van der Waals surface area contributed by atoms with Crippen LogP contribution in [0.4, 0.5) is 0 Å². The van der Waals surface area contributed by atoms with Crippen LogP contribution in [0.1, 0.15) is 19.8 Å². The Morgan fingerprint density at radius 3 is 3.25 bits per heavy atom. The minimum absolute atomic E-state index is 0.462. The third-order valence-electron chi connectivity index (χ3n) is 3.09. The van der Waals surface area contributed by atoms with Gasteiger partial charge in [0.25, 0.3) is 0 Å². The number of rotatable bonds is 1. The third kappa shape index (κ3) is 1.29. The Morgan fingerprint density at radius 1 is 1.67 bits per heavy atom. The minimum Gasteiger partial charge on any atom is -0.373 e. The first kappa shape index (κ1) is 8.27. The first-order valence-electron chi connectivity index (χ1n) is 4.84. The summed E-state index contributed by atoms with van der Waals surface area (Å²) >= 11 is 0. The summed E-state index contributed by atoms with van der Waals surface area (Å²) in [5.74, 6) is 0.591. The summed E-state index contributed by atoms with van der Waals surface area (Å²) < 4.78 is 5.66. The van der Waals surface area contributed by atoms with Crippen molar-refractivity contribution in [3.05, 3.63) is 12.2 Å². The van der Waals surface area contributed by atoms with E-state index in [9.17, 15) is 0 Å².